The Labute approximate surface area is 128 Å². The molecule has 0 aromatic carbocycles. The molecule has 1 atom stereocenters. The number of halogens is 2. The van der Waals surface area contributed by atoms with Crippen molar-refractivity contribution in [1.82, 2.24) is 14.5 Å². The van der Waals surface area contributed by atoms with Gasteiger partial charge in [0.2, 0.25) is 5.91 Å². The number of H-pyrrole nitrogens is 1. The van der Waals surface area contributed by atoms with Crippen LogP contribution in [-0.2, 0) is 4.79 Å². The lowest BCUT2D eigenvalue weighted by molar-refractivity contribution is -0.118. The van der Waals surface area contributed by atoms with Gasteiger partial charge in [-0.1, -0.05) is 23.2 Å². The number of carbonyl (C=O) groups excluding carboxylic acids is 1. The van der Waals surface area contributed by atoms with Crippen molar-refractivity contribution in [2.24, 2.45) is 5.73 Å². The molecule has 112 valence electrons. The largest absolute Gasteiger partial charge is 0.477 e. The third kappa shape index (κ3) is 2.96. The Balaban J connectivity index is 2.61. The van der Waals surface area contributed by atoms with Crippen LogP contribution in [0.2, 0.25) is 10.2 Å². The fourth-order valence-electron chi connectivity index (χ4n) is 1.99. The number of hydrogen-bond acceptors (Lipinski definition) is 4. The molecule has 10 heteroatoms. The number of anilines is 1. The van der Waals surface area contributed by atoms with Crippen molar-refractivity contribution in [3.63, 3.8) is 0 Å². The highest BCUT2D eigenvalue weighted by Gasteiger charge is 2.27. The van der Waals surface area contributed by atoms with Gasteiger partial charge in [0.15, 0.2) is 5.95 Å². The van der Waals surface area contributed by atoms with E-state index in [1.165, 1.54) is 16.8 Å². The Morgan fingerprint density at radius 1 is 1.48 bits per heavy atom. The van der Waals surface area contributed by atoms with Crippen LogP contribution in [0.3, 0.4) is 0 Å². The number of imidazole rings is 1. The van der Waals surface area contributed by atoms with Crippen LogP contribution in [0.1, 0.15) is 28.6 Å². The molecule has 2 aromatic rings. The normalized spacial score (nSPS) is 12.3. The first-order valence-electron chi connectivity index (χ1n) is 5.69. The summed E-state index contributed by atoms with van der Waals surface area (Å²) in [4.78, 5) is 29.1. The molecular weight excluding hydrogens is 321 g/mol. The molecule has 0 saturated heterocycles. The first kappa shape index (κ1) is 15.2. The summed E-state index contributed by atoms with van der Waals surface area (Å²) < 4.78 is 1.20. The maximum Gasteiger partial charge on any atom is 0.352 e. The van der Waals surface area contributed by atoms with Crippen molar-refractivity contribution in [2.75, 3.05) is 5.73 Å². The van der Waals surface area contributed by atoms with Crippen LogP contribution in [0.25, 0.3) is 0 Å². The third-order valence-corrected chi connectivity index (χ3v) is 3.60. The quantitative estimate of drug-likeness (QED) is 0.652. The number of amides is 1. The van der Waals surface area contributed by atoms with E-state index in [0.717, 1.165) is 0 Å². The monoisotopic (exact) mass is 331 g/mol. The van der Waals surface area contributed by atoms with E-state index in [2.05, 4.69) is 9.97 Å². The second-order valence-electron chi connectivity index (χ2n) is 4.25. The number of carboxylic acids is 1. The molecule has 0 aliphatic heterocycles. The van der Waals surface area contributed by atoms with Gasteiger partial charge in [-0.3, -0.25) is 4.79 Å². The summed E-state index contributed by atoms with van der Waals surface area (Å²) >= 11 is 11.9. The second kappa shape index (κ2) is 5.66. The number of nitrogens with zero attached hydrogens (tertiary/aromatic N) is 2. The Hall–Kier alpha value is -2.19. The minimum absolute atomic E-state index is 0.0199. The van der Waals surface area contributed by atoms with Crippen LogP contribution >= 0.6 is 23.2 Å². The molecule has 2 heterocycles. The summed E-state index contributed by atoms with van der Waals surface area (Å²) in [6.45, 7) is 0. The molecule has 0 spiro atoms. The highest BCUT2D eigenvalue weighted by Crippen LogP contribution is 2.33. The number of aromatic carboxylic acids is 1. The summed E-state index contributed by atoms with van der Waals surface area (Å²) in [5, 5.41) is 9.27. The fourth-order valence-corrected chi connectivity index (χ4v) is 2.45. The summed E-state index contributed by atoms with van der Waals surface area (Å²) in [7, 11) is 0. The standard InChI is InChI=1S/C11H11Cl2N5O3/c12-4-1-7(10(20)21)18(9(4)13)6(2-8(14)19)5-3-16-11(15)17-5/h1,3,6H,2H2,(H2,14,19)(H,20,21)(H3,15,16,17). The van der Waals surface area contributed by atoms with Gasteiger partial charge in [-0.2, -0.15) is 0 Å². The molecule has 2 aromatic heterocycles. The predicted molar refractivity (Wildman–Crippen MR) is 76.4 cm³/mol. The second-order valence-corrected chi connectivity index (χ2v) is 5.02. The number of carbonyl (C=O) groups is 2. The molecule has 2 rings (SSSR count). The first-order valence-corrected chi connectivity index (χ1v) is 6.45. The molecule has 6 N–H and O–H groups in total. The zero-order chi connectivity index (χ0) is 15.7. The Bertz CT molecular complexity index is 709. The number of primary amides is 1. The number of aromatic nitrogens is 3. The number of nitrogens with one attached hydrogen (secondary N) is 1. The number of carboxylic acid groups (broad SMARTS) is 1. The van der Waals surface area contributed by atoms with Crippen LogP contribution in [0.5, 0.6) is 0 Å². The van der Waals surface area contributed by atoms with Gasteiger partial charge in [0.1, 0.15) is 10.8 Å². The van der Waals surface area contributed by atoms with Gasteiger partial charge < -0.3 is 26.1 Å². The molecule has 8 nitrogen and oxygen atoms in total. The number of nitrogen functional groups attached to an aromatic ring is 1. The van der Waals surface area contributed by atoms with E-state index in [0.29, 0.717) is 5.69 Å². The Kier molecular flexibility index (Phi) is 4.10. The molecule has 0 aliphatic carbocycles. The van der Waals surface area contributed by atoms with E-state index in [-0.39, 0.29) is 28.2 Å². The van der Waals surface area contributed by atoms with Crippen molar-refractivity contribution in [1.29, 1.82) is 0 Å². The van der Waals surface area contributed by atoms with E-state index in [1.807, 2.05) is 0 Å². The topological polar surface area (TPSA) is 140 Å². The van der Waals surface area contributed by atoms with Crippen LogP contribution in [0, 0.1) is 0 Å². The lowest BCUT2D eigenvalue weighted by Gasteiger charge is -2.19. The smallest absolute Gasteiger partial charge is 0.352 e. The maximum absolute atomic E-state index is 11.3. The van der Waals surface area contributed by atoms with E-state index in [1.54, 1.807) is 0 Å². The zero-order valence-electron chi connectivity index (χ0n) is 10.5. The minimum Gasteiger partial charge on any atom is -0.477 e. The summed E-state index contributed by atoms with van der Waals surface area (Å²) in [6, 6.07) is 0.387. The van der Waals surface area contributed by atoms with Crippen LogP contribution in [-0.4, -0.2) is 31.5 Å². The summed E-state index contributed by atoms with van der Waals surface area (Å²) in [5.41, 5.74) is 10.9. The minimum atomic E-state index is -1.24. The van der Waals surface area contributed by atoms with E-state index in [4.69, 9.17) is 34.7 Å². The predicted octanol–water partition coefficient (Wildman–Crippen LogP) is 1.26. The van der Waals surface area contributed by atoms with Crippen molar-refractivity contribution in [3.8, 4) is 0 Å². The van der Waals surface area contributed by atoms with Gasteiger partial charge in [0.05, 0.1) is 29.4 Å². The molecule has 0 bridgehead atoms. The van der Waals surface area contributed by atoms with Gasteiger partial charge in [-0.15, -0.1) is 0 Å². The number of nitrogens with two attached hydrogens (primary N) is 2. The Morgan fingerprint density at radius 3 is 2.62 bits per heavy atom. The van der Waals surface area contributed by atoms with E-state index in [9.17, 15) is 14.7 Å². The maximum atomic E-state index is 11.3. The van der Waals surface area contributed by atoms with Gasteiger partial charge in [0.25, 0.3) is 0 Å². The molecule has 0 saturated carbocycles. The summed E-state index contributed by atoms with van der Waals surface area (Å²) in [5.74, 6) is -1.78. The van der Waals surface area contributed by atoms with E-state index < -0.39 is 17.9 Å². The van der Waals surface area contributed by atoms with Gasteiger partial charge in [0, 0.05) is 0 Å². The van der Waals surface area contributed by atoms with Gasteiger partial charge in [-0.25, -0.2) is 9.78 Å². The van der Waals surface area contributed by atoms with E-state index >= 15 is 0 Å². The third-order valence-electron chi connectivity index (χ3n) is 2.83. The molecule has 0 radical (unpaired) electrons. The molecule has 0 fully saturated rings. The van der Waals surface area contributed by atoms with Gasteiger partial charge in [-0.05, 0) is 6.07 Å². The number of rotatable bonds is 5. The van der Waals surface area contributed by atoms with Crippen molar-refractivity contribution in [3.05, 3.63) is 33.8 Å². The number of hydrogen-bond donors (Lipinski definition) is 4. The highest BCUT2D eigenvalue weighted by molar-refractivity contribution is 6.41. The van der Waals surface area contributed by atoms with Crippen molar-refractivity contribution in [2.45, 2.75) is 12.5 Å². The van der Waals surface area contributed by atoms with Crippen molar-refractivity contribution >= 4 is 41.0 Å². The lowest BCUT2D eigenvalue weighted by atomic mass is 10.1. The van der Waals surface area contributed by atoms with Crippen LogP contribution < -0.4 is 11.5 Å². The average molecular weight is 332 g/mol. The van der Waals surface area contributed by atoms with Crippen LogP contribution in [0.4, 0.5) is 5.95 Å². The fraction of sp³-hybridized carbons (Fsp3) is 0.182. The Morgan fingerprint density at radius 2 is 2.14 bits per heavy atom. The number of aromatic amines is 1. The molecular formula is C11H11Cl2N5O3. The summed E-state index contributed by atoms with van der Waals surface area (Å²) in [6.07, 6.45) is 1.17. The average Bonchev–Trinajstić information content (AvgIpc) is 2.93. The highest BCUT2D eigenvalue weighted by atomic mass is 35.5. The van der Waals surface area contributed by atoms with Crippen LogP contribution in [0.15, 0.2) is 12.3 Å². The molecule has 1 unspecified atom stereocenters. The first-order chi connectivity index (χ1) is 9.81. The lowest BCUT2D eigenvalue weighted by Crippen LogP contribution is -2.23. The molecule has 1 amide bonds. The molecule has 21 heavy (non-hydrogen) atoms. The SMILES string of the molecule is NC(=O)CC(c1cnc(N)[nH]1)n1c(C(=O)O)cc(Cl)c1Cl. The zero-order valence-corrected chi connectivity index (χ0v) is 12.0. The van der Waals surface area contributed by atoms with Gasteiger partial charge >= 0.3 is 5.97 Å². The van der Waals surface area contributed by atoms with Crippen molar-refractivity contribution < 1.29 is 14.7 Å². The molecule has 0 aliphatic rings.